The van der Waals surface area contributed by atoms with Crippen LogP contribution in [-0.2, 0) is 0 Å². The highest BCUT2D eigenvalue weighted by atomic mass is 16.3. The van der Waals surface area contributed by atoms with E-state index < -0.39 is 5.66 Å². The molecule has 0 amide bonds. The lowest BCUT2D eigenvalue weighted by Crippen LogP contribution is -2.44. The van der Waals surface area contributed by atoms with Crippen LogP contribution in [-0.4, -0.2) is 12.2 Å². The Balaban J connectivity index is 4.09. The molecule has 0 fully saturated rings. The van der Waals surface area contributed by atoms with E-state index in [9.17, 15) is 4.91 Å². The Morgan fingerprint density at radius 2 is 2.27 bits per heavy atom. The van der Waals surface area contributed by atoms with E-state index in [0.717, 1.165) is 0 Å². The average Bonchev–Trinajstić information content (AvgIpc) is 2.00. The Labute approximate surface area is 67.8 Å². The fourth-order valence-electron chi connectivity index (χ4n) is 0.621. The third-order valence-electron chi connectivity index (χ3n) is 1.92. The van der Waals surface area contributed by atoms with Crippen LogP contribution >= 0.6 is 0 Å². The molecule has 0 aliphatic rings. The van der Waals surface area contributed by atoms with Gasteiger partial charge in [0.05, 0.1) is 0 Å². The van der Waals surface area contributed by atoms with Gasteiger partial charge in [0.1, 0.15) is 0 Å². The van der Waals surface area contributed by atoms with E-state index in [1.54, 1.807) is 13.0 Å². The van der Waals surface area contributed by atoms with Crippen molar-refractivity contribution in [2.24, 2.45) is 11.1 Å². The monoisotopic (exact) mass is 156 g/mol. The predicted molar refractivity (Wildman–Crippen MR) is 47.2 cm³/mol. The molecule has 0 aliphatic carbocycles. The Kier molecular flexibility index (Phi) is 3.97. The van der Waals surface area contributed by atoms with Crippen LogP contribution in [0.4, 0.5) is 0 Å². The molecule has 0 aromatic carbocycles. The molecule has 1 N–H and O–H groups in total. The van der Waals surface area contributed by atoms with Crippen molar-refractivity contribution in [3.8, 4) is 0 Å². The van der Waals surface area contributed by atoms with Crippen LogP contribution in [0, 0.1) is 10.8 Å². The molecule has 0 bridgehead atoms. The van der Waals surface area contributed by atoms with Gasteiger partial charge in [0, 0.05) is 6.54 Å². The molecule has 0 spiro atoms. The summed E-state index contributed by atoms with van der Waals surface area (Å²) in [5.41, 5.74) is -0.659. The van der Waals surface area contributed by atoms with Crippen molar-refractivity contribution < 1.29 is 0 Å². The van der Waals surface area contributed by atoms with Crippen LogP contribution in [0.3, 0.4) is 0 Å². The minimum Gasteiger partial charge on any atom is -0.287 e. The first-order valence-electron chi connectivity index (χ1n) is 3.77. The van der Waals surface area contributed by atoms with Crippen LogP contribution < -0.4 is 5.32 Å². The Morgan fingerprint density at radius 3 is 2.55 bits per heavy atom. The molecule has 3 nitrogen and oxygen atoms in total. The smallest absolute Gasteiger partial charge is 0.152 e. The van der Waals surface area contributed by atoms with Gasteiger partial charge in [0.25, 0.3) is 0 Å². The quantitative estimate of drug-likeness (QED) is 0.488. The van der Waals surface area contributed by atoms with Gasteiger partial charge in [0.2, 0.25) is 0 Å². The van der Waals surface area contributed by atoms with Crippen molar-refractivity contribution in [1.29, 1.82) is 0 Å². The van der Waals surface area contributed by atoms with Crippen molar-refractivity contribution in [1.82, 2.24) is 5.32 Å². The zero-order valence-electron chi connectivity index (χ0n) is 7.42. The van der Waals surface area contributed by atoms with E-state index in [1.807, 2.05) is 13.8 Å². The van der Waals surface area contributed by atoms with E-state index in [0.29, 0.717) is 6.54 Å². The maximum absolute atomic E-state index is 10.4. The van der Waals surface area contributed by atoms with Gasteiger partial charge in [0.15, 0.2) is 5.66 Å². The molecular weight excluding hydrogens is 140 g/mol. The maximum atomic E-state index is 10.4. The predicted octanol–water partition coefficient (Wildman–Crippen LogP) is 1.90. The van der Waals surface area contributed by atoms with Crippen molar-refractivity contribution in [2.75, 3.05) is 6.54 Å². The minimum absolute atomic E-state index is 0.194. The van der Waals surface area contributed by atoms with E-state index in [2.05, 4.69) is 17.1 Å². The third-order valence-corrected chi connectivity index (χ3v) is 1.92. The molecular formula is C8H16N2O. The number of nitrogens with zero attached hydrogens (tertiary/aromatic N) is 1. The minimum atomic E-state index is -0.659. The van der Waals surface area contributed by atoms with Crippen molar-refractivity contribution in [3.05, 3.63) is 17.6 Å². The molecule has 0 aliphatic heterocycles. The van der Waals surface area contributed by atoms with Gasteiger partial charge in [-0.3, -0.25) is 5.32 Å². The second-order valence-electron chi connectivity index (χ2n) is 3.06. The lowest BCUT2D eigenvalue weighted by atomic mass is 9.99. The molecule has 1 unspecified atom stereocenters. The summed E-state index contributed by atoms with van der Waals surface area (Å²) in [6.45, 7) is 9.86. The van der Waals surface area contributed by atoms with Gasteiger partial charge in [-0.2, -0.15) is 0 Å². The second-order valence-corrected chi connectivity index (χ2v) is 3.06. The Morgan fingerprint density at radius 1 is 1.73 bits per heavy atom. The standard InChI is InChI=1S/C8H16N2O/c1-5-6-9-8(4,10-11)7(2)3/h5,7,9H,1,6H2,2-4H3. The molecule has 0 heterocycles. The van der Waals surface area contributed by atoms with Gasteiger partial charge >= 0.3 is 0 Å². The highest BCUT2D eigenvalue weighted by Crippen LogP contribution is 2.16. The fraction of sp³-hybridized carbons (Fsp3) is 0.750. The zero-order chi connectivity index (χ0) is 8.91. The van der Waals surface area contributed by atoms with E-state index in [4.69, 9.17) is 0 Å². The number of nitrogens with one attached hydrogen (secondary N) is 1. The molecule has 0 saturated heterocycles. The number of nitroso groups, excluding NO2 is 1. The highest BCUT2D eigenvalue weighted by Gasteiger charge is 2.27. The largest absolute Gasteiger partial charge is 0.287 e. The topological polar surface area (TPSA) is 41.5 Å². The molecule has 0 rings (SSSR count). The summed E-state index contributed by atoms with van der Waals surface area (Å²) < 4.78 is 0. The molecule has 0 saturated carbocycles. The summed E-state index contributed by atoms with van der Waals surface area (Å²) in [5.74, 6) is 0.194. The van der Waals surface area contributed by atoms with Crippen LogP contribution in [0.5, 0.6) is 0 Å². The van der Waals surface area contributed by atoms with E-state index in [1.165, 1.54) is 0 Å². The highest BCUT2D eigenvalue weighted by molar-refractivity contribution is 4.86. The van der Waals surface area contributed by atoms with E-state index >= 15 is 0 Å². The summed E-state index contributed by atoms with van der Waals surface area (Å²) in [6, 6.07) is 0. The molecule has 0 aromatic rings. The molecule has 11 heavy (non-hydrogen) atoms. The average molecular weight is 156 g/mol. The summed E-state index contributed by atoms with van der Waals surface area (Å²) in [4.78, 5) is 10.4. The summed E-state index contributed by atoms with van der Waals surface area (Å²) in [7, 11) is 0. The Bertz CT molecular complexity index is 145. The van der Waals surface area contributed by atoms with Crippen LogP contribution in [0.2, 0.25) is 0 Å². The van der Waals surface area contributed by atoms with Crippen LogP contribution in [0.1, 0.15) is 20.8 Å². The van der Waals surface area contributed by atoms with Gasteiger partial charge in [-0.1, -0.05) is 19.9 Å². The van der Waals surface area contributed by atoms with Crippen LogP contribution in [0.15, 0.2) is 17.8 Å². The van der Waals surface area contributed by atoms with Gasteiger partial charge in [-0.25, -0.2) is 0 Å². The molecule has 64 valence electrons. The van der Waals surface area contributed by atoms with Crippen molar-refractivity contribution >= 4 is 0 Å². The first kappa shape index (κ1) is 10.3. The molecule has 3 heteroatoms. The molecule has 0 aromatic heterocycles. The van der Waals surface area contributed by atoms with E-state index in [-0.39, 0.29) is 5.92 Å². The SMILES string of the molecule is C=CCNC(C)(N=O)C(C)C. The first-order valence-corrected chi connectivity index (χ1v) is 3.77. The fourth-order valence-corrected chi connectivity index (χ4v) is 0.621. The summed E-state index contributed by atoms with van der Waals surface area (Å²) in [6.07, 6.45) is 1.71. The first-order chi connectivity index (χ1) is 5.06. The molecule has 0 radical (unpaired) electrons. The van der Waals surface area contributed by atoms with Crippen molar-refractivity contribution in [3.63, 3.8) is 0 Å². The van der Waals surface area contributed by atoms with Gasteiger partial charge in [-0.15, -0.1) is 11.5 Å². The summed E-state index contributed by atoms with van der Waals surface area (Å²) >= 11 is 0. The van der Waals surface area contributed by atoms with Gasteiger partial charge in [-0.05, 0) is 18.0 Å². The lowest BCUT2D eigenvalue weighted by Gasteiger charge is -2.26. The second kappa shape index (κ2) is 4.23. The Hall–Kier alpha value is -0.700. The van der Waals surface area contributed by atoms with Crippen LogP contribution in [0.25, 0.3) is 0 Å². The number of hydrogen-bond acceptors (Lipinski definition) is 3. The lowest BCUT2D eigenvalue weighted by molar-refractivity contribution is 0.281. The molecule has 1 atom stereocenters. The third kappa shape index (κ3) is 2.80. The number of rotatable bonds is 5. The normalized spacial score (nSPS) is 16.0. The maximum Gasteiger partial charge on any atom is 0.152 e. The summed E-state index contributed by atoms with van der Waals surface area (Å²) in [5, 5.41) is 6.05. The van der Waals surface area contributed by atoms with Crippen molar-refractivity contribution in [2.45, 2.75) is 26.4 Å². The number of hydrogen-bond donors (Lipinski definition) is 1. The van der Waals surface area contributed by atoms with Gasteiger partial charge < -0.3 is 0 Å². The zero-order valence-corrected chi connectivity index (χ0v) is 7.42.